The quantitative estimate of drug-likeness (QED) is 0.476. The highest BCUT2D eigenvalue weighted by Gasteiger charge is 2.36. The minimum absolute atomic E-state index is 0.0178. The van der Waals surface area contributed by atoms with Crippen molar-refractivity contribution in [2.24, 2.45) is 0 Å². The van der Waals surface area contributed by atoms with Crippen LogP contribution in [0.3, 0.4) is 0 Å². The molecule has 3 N–H and O–H groups in total. The Kier molecular flexibility index (Phi) is 6.70. The van der Waals surface area contributed by atoms with E-state index >= 15 is 0 Å². The summed E-state index contributed by atoms with van der Waals surface area (Å²) < 4.78 is 78.6. The molecule has 0 unspecified atom stereocenters. The monoisotopic (exact) mass is 432 g/mol. The first-order valence-electron chi connectivity index (χ1n) is 8.22. The number of nitriles is 1. The Balaban J connectivity index is 2.31. The third-order valence-electron chi connectivity index (χ3n) is 3.59. The van der Waals surface area contributed by atoms with Gasteiger partial charge < -0.3 is 16.0 Å². The number of aromatic nitrogens is 2. The van der Waals surface area contributed by atoms with E-state index in [1.807, 2.05) is 0 Å². The number of amides is 1. The van der Waals surface area contributed by atoms with Gasteiger partial charge in [-0.2, -0.15) is 36.6 Å². The Bertz CT molecular complexity index is 967. The average Bonchev–Trinajstić information content (AvgIpc) is 2.63. The number of hydrogen-bond donors (Lipinski definition) is 3. The van der Waals surface area contributed by atoms with E-state index in [1.165, 1.54) is 13.0 Å². The van der Waals surface area contributed by atoms with Crippen LogP contribution in [0.4, 0.5) is 43.8 Å². The van der Waals surface area contributed by atoms with Crippen LogP contribution in [0.15, 0.2) is 24.4 Å². The van der Waals surface area contributed by atoms with E-state index in [0.29, 0.717) is 12.3 Å². The van der Waals surface area contributed by atoms with Crippen molar-refractivity contribution >= 4 is 23.4 Å². The van der Waals surface area contributed by atoms with Gasteiger partial charge in [-0.15, -0.1) is 0 Å². The van der Waals surface area contributed by atoms with Crippen molar-refractivity contribution in [1.29, 1.82) is 5.26 Å². The fourth-order valence-electron chi connectivity index (χ4n) is 2.29. The maximum Gasteiger partial charge on any atom is 0.421 e. The Labute approximate surface area is 166 Å². The zero-order chi connectivity index (χ0) is 22.5. The first-order valence-corrected chi connectivity index (χ1v) is 8.22. The number of benzene rings is 1. The van der Waals surface area contributed by atoms with E-state index in [4.69, 9.17) is 5.26 Å². The van der Waals surface area contributed by atoms with E-state index < -0.39 is 40.8 Å². The van der Waals surface area contributed by atoms with Gasteiger partial charge in [-0.25, -0.2) is 4.98 Å². The lowest BCUT2D eigenvalue weighted by Crippen LogP contribution is -2.27. The number of anilines is 3. The lowest BCUT2D eigenvalue weighted by molar-refractivity contribution is -0.138. The molecular formula is C17H14F6N6O. The molecule has 0 bridgehead atoms. The Hall–Kier alpha value is -3.56. The topological polar surface area (TPSA) is 103 Å². The van der Waals surface area contributed by atoms with Crippen LogP contribution in [0.1, 0.15) is 23.6 Å². The van der Waals surface area contributed by atoms with E-state index in [9.17, 15) is 31.1 Å². The average molecular weight is 432 g/mol. The lowest BCUT2D eigenvalue weighted by Gasteiger charge is -2.15. The molecule has 0 atom stereocenters. The Morgan fingerprint density at radius 3 is 2.33 bits per heavy atom. The molecule has 0 spiro atoms. The maximum absolute atomic E-state index is 13.1. The van der Waals surface area contributed by atoms with Crippen LogP contribution in [-0.2, 0) is 17.1 Å². The molecule has 1 heterocycles. The van der Waals surface area contributed by atoms with Gasteiger partial charge in [0, 0.05) is 31.9 Å². The zero-order valence-corrected chi connectivity index (χ0v) is 15.2. The molecule has 0 aliphatic rings. The molecule has 2 rings (SSSR count). The number of alkyl halides is 6. The molecule has 0 saturated heterocycles. The molecule has 30 heavy (non-hydrogen) atoms. The number of hydrogen-bond acceptors (Lipinski definition) is 6. The number of rotatable bonds is 6. The third kappa shape index (κ3) is 5.97. The molecule has 0 saturated carbocycles. The summed E-state index contributed by atoms with van der Waals surface area (Å²) in [6.07, 6.45) is -9.11. The van der Waals surface area contributed by atoms with E-state index in [1.54, 1.807) is 0 Å². The molecule has 0 fully saturated rings. The number of nitrogens with one attached hydrogen (secondary N) is 3. The highest BCUT2D eigenvalue weighted by molar-refractivity contribution is 5.72. The minimum atomic E-state index is -4.81. The fraction of sp³-hybridized carbons (Fsp3) is 0.294. The number of carbonyl (C=O) groups is 1. The molecule has 1 amide bonds. The van der Waals surface area contributed by atoms with Gasteiger partial charge in [-0.3, -0.25) is 4.79 Å². The van der Waals surface area contributed by atoms with E-state index in [0.717, 1.165) is 12.1 Å². The standard InChI is InChI=1S/C17H14F6N6O/c1-9(30)25-4-5-26-14-13(17(21,22)23)8-27-15(29-14)28-11-3-2-10(7-24)12(6-11)16(18,19)20/h2-3,6,8H,4-5H2,1H3,(H,25,30)(H2,26,27,28,29). The molecule has 1 aromatic carbocycles. The summed E-state index contributed by atoms with van der Waals surface area (Å²) in [4.78, 5) is 18.0. The van der Waals surface area contributed by atoms with Crippen LogP contribution in [0.2, 0.25) is 0 Å². The van der Waals surface area contributed by atoms with Crippen LogP contribution in [-0.4, -0.2) is 29.0 Å². The van der Waals surface area contributed by atoms with Gasteiger partial charge in [0.05, 0.1) is 17.2 Å². The van der Waals surface area contributed by atoms with Crippen molar-refractivity contribution < 1.29 is 31.1 Å². The van der Waals surface area contributed by atoms with Gasteiger partial charge in [0.15, 0.2) is 0 Å². The number of nitrogens with zero attached hydrogens (tertiary/aromatic N) is 3. The Morgan fingerprint density at radius 1 is 1.10 bits per heavy atom. The van der Waals surface area contributed by atoms with Gasteiger partial charge in [0.25, 0.3) is 0 Å². The fourth-order valence-corrected chi connectivity index (χ4v) is 2.29. The summed E-state index contributed by atoms with van der Waals surface area (Å²) in [5.41, 5.74) is -3.19. The molecule has 0 radical (unpaired) electrons. The third-order valence-corrected chi connectivity index (χ3v) is 3.59. The molecule has 7 nitrogen and oxygen atoms in total. The normalized spacial score (nSPS) is 11.5. The second-order valence-electron chi connectivity index (χ2n) is 5.86. The van der Waals surface area contributed by atoms with Gasteiger partial charge >= 0.3 is 12.4 Å². The van der Waals surface area contributed by atoms with Gasteiger partial charge in [0.2, 0.25) is 11.9 Å². The summed E-state index contributed by atoms with van der Waals surface area (Å²) in [6.45, 7) is 1.17. The van der Waals surface area contributed by atoms with Crippen molar-refractivity contribution in [2.45, 2.75) is 19.3 Å². The van der Waals surface area contributed by atoms with Crippen molar-refractivity contribution in [3.8, 4) is 6.07 Å². The van der Waals surface area contributed by atoms with Crippen molar-refractivity contribution in [3.05, 3.63) is 41.1 Å². The van der Waals surface area contributed by atoms with Crippen molar-refractivity contribution in [1.82, 2.24) is 15.3 Å². The summed E-state index contributed by atoms with van der Waals surface area (Å²) >= 11 is 0. The van der Waals surface area contributed by atoms with Gasteiger partial charge in [-0.05, 0) is 18.2 Å². The highest BCUT2D eigenvalue weighted by Crippen LogP contribution is 2.35. The summed E-state index contributed by atoms with van der Waals surface area (Å²) in [7, 11) is 0. The second kappa shape index (κ2) is 8.85. The predicted octanol–water partition coefficient (Wildman–Crippen LogP) is 3.68. The van der Waals surface area contributed by atoms with Crippen LogP contribution in [0, 0.1) is 11.3 Å². The second-order valence-corrected chi connectivity index (χ2v) is 5.86. The zero-order valence-electron chi connectivity index (χ0n) is 15.2. The number of halogens is 6. The van der Waals surface area contributed by atoms with Crippen molar-refractivity contribution in [2.75, 3.05) is 23.7 Å². The van der Waals surface area contributed by atoms with Gasteiger partial charge in [-0.1, -0.05) is 0 Å². The van der Waals surface area contributed by atoms with E-state index in [2.05, 4.69) is 25.9 Å². The van der Waals surface area contributed by atoms with Crippen LogP contribution < -0.4 is 16.0 Å². The molecular weight excluding hydrogens is 418 g/mol. The molecule has 0 aliphatic heterocycles. The summed E-state index contributed by atoms with van der Waals surface area (Å²) in [5.74, 6) is -1.39. The summed E-state index contributed by atoms with van der Waals surface area (Å²) in [5, 5.41) is 16.0. The Morgan fingerprint density at radius 2 is 1.77 bits per heavy atom. The lowest BCUT2D eigenvalue weighted by atomic mass is 10.1. The van der Waals surface area contributed by atoms with Crippen LogP contribution in [0.25, 0.3) is 0 Å². The maximum atomic E-state index is 13.1. The predicted molar refractivity (Wildman–Crippen MR) is 93.6 cm³/mol. The molecule has 2 aromatic rings. The molecule has 13 heteroatoms. The van der Waals surface area contributed by atoms with Crippen LogP contribution in [0.5, 0.6) is 0 Å². The summed E-state index contributed by atoms with van der Waals surface area (Å²) in [6, 6.07) is 4.10. The SMILES string of the molecule is CC(=O)NCCNc1nc(Nc2ccc(C#N)c(C(F)(F)F)c2)ncc1C(F)(F)F. The first-order chi connectivity index (χ1) is 13.9. The van der Waals surface area contributed by atoms with Gasteiger partial charge in [0.1, 0.15) is 11.4 Å². The highest BCUT2D eigenvalue weighted by atomic mass is 19.4. The largest absolute Gasteiger partial charge is 0.421 e. The number of carbonyl (C=O) groups excluding carboxylic acids is 1. The van der Waals surface area contributed by atoms with Crippen LogP contribution >= 0.6 is 0 Å². The minimum Gasteiger partial charge on any atom is -0.368 e. The molecule has 1 aromatic heterocycles. The smallest absolute Gasteiger partial charge is 0.368 e. The van der Waals surface area contributed by atoms with E-state index in [-0.39, 0.29) is 24.7 Å². The first kappa shape index (κ1) is 22.7. The van der Waals surface area contributed by atoms with Crippen molar-refractivity contribution in [3.63, 3.8) is 0 Å². The molecule has 160 valence electrons. The molecule has 0 aliphatic carbocycles.